The molecule has 1 rings (SSSR count). The molecule has 0 aliphatic carbocycles. The third-order valence-electron chi connectivity index (χ3n) is 3.09. The Balaban J connectivity index is 2.69. The second kappa shape index (κ2) is 7.76. The average Bonchev–Trinajstić information content (AvgIpc) is 2.42. The Morgan fingerprint density at radius 2 is 2.21 bits per heavy atom. The third kappa shape index (κ3) is 4.89. The highest BCUT2D eigenvalue weighted by atomic mass is 16.5. The van der Waals surface area contributed by atoms with Crippen LogP contribution in [0, 0.1) is 5.92 Å². The Morgan fingerprint density at radius 1 is 1.47 bits per heavy atom. The summed E-state index contributed by atoms with van der Waals surface area (Å²) in [6.07, 6.45) is 0.492. The molecule has 0 saturated heterocycles. The normalized spacial score (nSPS) is 13.8. The van der Waals surface area contributed by atoms with E-state index in [0.717, 1.165) is 0 Å². The molecule has 2 atom stereocenters. The minimum Gasteiger partial charge on any atom is -0.497 e. The fraction of sp³-hybridized carbons (Fsp3) is 0.500. The third-order valence-corrected chi connectivity index (χ3v) is 3.09. The molecule has 4 N–H and O–H groups in total. The summed E-state index contributed by atoms with van der Waals surface area (Å²) in [5.41, 5.74) is 6.05. The molecule has 5 heteroatoms. The van der Waals surface area contributed by atoms with Crippen molar-refractivity contribution >= 4 is 5.97 Å². The van der Waals surface area contributed by atoms with Crippen LogP contribution < -0.4 is 10.5 Å². The Bertz CT molecular complexity index is 408. The number of benzene rings is 1. The summed E-state index contributed by atoms with van der Waals surface area (Å²) in [5.74, 6) is -0.828. The number of carboxylic acids is 1. The molecule has 5 nitrogen and oxygen atoms in total. The minimum atomic E-state index is -0.893. The molecule has 0 aromatic heterocycles. The van der Waals surface area contributed by atoms with Gasteiger partial charge in [-0.1, -0.05) is 12.1 Å². The van der Waals surface area contributed by atoms with E-state index in [1.54, 1.807) is 31.4 Å². The molecule has 0 bridgehead atoms. The topological polar surface area (TPSA) is 92.8 Å². The van der Waals surface area contributed by atoms with Crippen molar-refractivity contribution in [3.05, 3.63) is 29.8 Å². The first kappa shape index (κ1) is 15.5. The van der Waals surface area contributed by atoms with Crippen LogP contribution in [-0.2, 0) is 4.79 Å². The van der Waals surface area contributed by atoms with Gasteiger partial charge in [0.15, 0.2) is 0 Å². The first-order valence-corrected chi connectivity index (χ1v) is 6.33. The van der Waals surface area contributed by atoms with E-state index in [-0.39, 0.29) is 6.42 Å². The molecule has 0 fully saturated rings. The molecule has 1 aromatic carbocycles. The zero-order chi connectivity index (χ0) is 14.3. The Kier molecular flexibility index (Phi) is 6.32. The van der Waals surface area contributed by atoms with Crippen LogP contribution >= 0.6 is 0 Å². The molecular formula is C14H21NO4. The zero-order valence-electron chi connectivity index (χ0n) is 11.1. The average molecular weight is 267 g/mol. The van der Waals surface area contributed by atoms with Gasteiger partial charge in [0, 0.05) is 0 Å². The summed E-state index contributed by atoms with van der Waals surface area (Å²) in [7, 11) is 1.55. The van der Waals surface area contributed by atoms with Crippen LogP contribution in [0.3, 0.4) is 0 Å². The molecule has 2 unspecified atom stereocenters. The maximum absolute atomic E-state index is 11.1. The number of aliphatic hydroxyl groups excluding tert-OH is 1. The van der Waals surface area contributed by atoms with Gasteiger partial charge in [0.2, 0.25) is 0 Å². The largest absolute Gasteiger partial charge is 0.497 e. The van der Waals surface area contributed by atoms with Crippen molar-refractivity contribution in [2.75, 3.05) is 13.7 Å². The Labute approximate surface area is 113 Å². The number of aliphatic carboxylic acids is 1. The number of carbonyl (C=O) groups is 1. The smallest absolute Gasteiger partial charge is 0.306 e. The molecule has 0 amide bonds. The van der Waals surface area contributed by atoms with Crippen LogP contribution in [0.15, 0.2) is 24.3 Å². The van der Waals surface area contributed by atoms with Crippen LogP contribution in [-0.4, -0.2) is 29.8 Å². The molecule has 19 heavy (non-hydrogen) atoms. The number of hydrogen-bond donors (Lipinski definition) is 3. The number of rotatable bonds is 8. The maximum Gasteiger partial charge on any atom is 0.306 e. The predicted octanol–water partition coefficient (Wildman–Crippen LogP) is 1.56. The molecular weight excluding hydrogens is 246 g/mol. The first-order chi connectivity index (χ1) is 9.08. The van der Waals surface area contributed by atoms with Crippen LogP contribution in [0.4, 0.5) is 0 Å². The Morgan fingerprint density at radius 3 is 2.79 bits per heavy atom. The highest BCUT2D eigenvalue weighted by Crippen LogP contribution is 2.26. The number of aliphatic hydroxyl groups is 1. The van der Waals surface area contributed by atoms with Gasteiger partial charge in [-0.2, -0.15) is 0 Å². The van der Waals surface area contributed by atoms with Crippen molar-refractivity contribution in [2.24, 2.45) is 11.7 Å². The van der Waals surface area contributed by atoms with E-state index in [1.807, 2.05) is 0 Å². The SMILES string of the molecule is COc1cccc(C(O)CC(CCCN)C(=O)O)c1. The molecule has 0 heterocycles. The van der Waals surface area contributed by atoms with Crippen LogP contribution in [0.2, 0.25) is 0 Å². The van der Waals surface area contributed by atoms with Gasteiger partial charge < -0.3 is 20.7 Å². The van der Waals surface area contributed by atoms with Crippen LogP contribution in [0.5, 0.6) is 5.75 Å². The molecule has 1 aromatic rings. The van der Waals surface area contributed by atoms with Crippen molar-refractivity contribution in [3.63, 3.8) is 0 Å². The fourth-order valence-electron chi connectivity index (χ4n) is 1.96. The van der Waals surface area contributed by atoms with E-state index in [9.17, 15) is 9.90 Å². The van der Waals surface area contributed by atoms with E-state index in [0.29, 0.717) is 30.7 Å². The van der Waals surface area contributed by atoms with Crippen molar-refractivity contribution in [1.82, 2.24) is 0 Å². The second-order valence-electron chi connectivity index (χ2n) is 4.49. The van der Waals surface area contributed by atoms with E-state index in [1.165, 1.54) is 0 Å². The number of hydrogen-bond acceptors (Lipinski definition) is 4. The van der Waals surface area contributed by atoms with E-state index in [4.69, 9.17) is 15.6 Å². The predicted molar refractivity (Wildman–Crippen MR) is 72.0 cm³/mol. The second-order valence-corrected chi connectivity index (χ2v) is 4.49. The summed E-state index contributed by atoms with van der Waals surface area (Å²) < 4.78 is 5.08. The standard InChI is InChI=1S/C14H21NO4/c1-19-12-6-2-4-10(8-12)13(16)9-11(14(17)18)5-3-7-15/h2,4,6,8,11,13,16H,3,5,7,9,15H2,1H3,(H,17,18). The fourth-order valence-corrected chi connectivity index (χ4v) is 1.96. The van der Waals surface area contributed by atoms with Crippen molar-refractivity contribution in [1.29, 1.82) is 0 Å². The van der Waals surface area contributed by atoms with Crippen LogP contribution in [0.25, 0.3) is 0 Å². The van der Waals surface area contributed by atoms with Gasteiger partial charge in [0.1, 0.15) is 5.75 Å². The maximum atomic E-state index is 11.1. The van der Waals surface area contributed by atoms with Gasteiger partial charge in [-0.25, -0.2) is 0 Å². The Hall–Kier alpha value is -1.59. The van der Waals surface area contributed by atoms with Gasteiger partial charge in [0.25, 0.3) is 0 Å². The number of methoxy groups -OCH3 is 1. The molecule has 0 saturated carbocycles. The van der Waals surface area contributed by atoms with Gasteiger partial charge in [0.05, 0.1) is 19.1 Å². The van der Waals surface area contributed by atoms with E-state index < -0.39 is 18.0 Å². The minimum absolute atomic E-state index is 0.183. The van der Waals surface area contributed by atoms with E-state index >= 15 is 0 Å². The summed E-state index contributed by atoms with van der Waals surface area (Å²) in [6.45, 7) is 0.457. The number of ether oxygens (including phenoxy) is 1. The summed E-state index contributed by atoms with van der Waals surface area (Å²) in [5, 5.41) is 19.2. The molecule has 0 radical (unpaired) electrons. The lowest BCUT2D eigenvalue weighted by Crippen LogP contribution is -2.18. The molecule has 0 aliphatic heterocycles. The van der Waals surface area contributed by atoms with Gasteiger partial charge in [-0.15, -0.1) is 0 Å². The molecule has 0 spiro atoms. The lowest BCUT2D eigenvalue weighted by molar-refractivity contribution is -0.143. The van der Waals surface area contributed by atoms with Crippen molar-refractivity contribution in [2.45, 2.75) is 25.4 Å². The monoisotopic (exact) mass is 267 g/mol. The molecule has 106 valence electrons. The summed E-state index contributed by atoms with van der Waals surface area (Å²) >= 11 is 0. The highest BCUT2D eigenvalue weighted by Gasteiger charge is 2.22. The van der Waals surface area contributed by atoms with E-state index in [2.05, 4.69) is 0 Å². The quantitative estimate of drug-likeness (QED) is 0.664. The van der Waals surface area contributed by atoms with Crippen molar-refractivity contribution < 1.29 is 19.7 Å². The summed E-state index contributed by atoms with van der Waals surface area (Å²) in [4.78, 5) is 11.1. The van der Waals surface area contributed by atoms with Crippen LogP contribution in [0.1, 0.15) is 30.9 Å². The van der Waals surface area contributed by atoms with Gasteiger partial charge in [-0.3, -0.25) is 4.79 Å². The van der Waals surface area contributed by atoms with Gasteiger partial charge >= 0.3 is 5.97 Å². The first-order valence-electron chi connectivity index (χ1n) is 6.33. The highest BCUT2D eigenvalue weighted by molar-refractivity contribution is 5.70. The summed E-state index contributed by atoms with van der Waals surface area (Å²) in [6, 6.07) is 7.02. The number of carboxylic acid groups (broad SMARTS) is 1. The zero-order valence-corrected chi connectivity index (χ0v) is 11.1. The molecule has 0 aliphatic rings. The number of nitrogens with two attached hydrogens (primary N) is 1. The van der Waals surface area contributed by atoms with Gasteiger partial charge in [-0.05, 0) is 43.5 Å². The lowest BCUT2D eigenvalue weighted by atomic mass is 9.93. The lowest BCUT2D eigenvalue weighted by Gasteiger charge is -2.17. The van der Waals surface area contributed by atoms with Crippen molar-refractivity contribution in [3.8, 4) is 5.75 Å².